The molecule has 2 aromatic rings. The maximum atomic E-state index is 12.8. The summed E-state index contributed by atoms with van der Waals surface area (Å²) < 4.78 is 44.0. The molecule has 146 valence electrons. The summed E-state index contributed by atoms with van der Waals surface area (Å²) in [5, 5.41) is 16.4. The van der Waals surface area contributed by atoms with Gasteiger partial charge in [-0.25, -0.2) is 0 Å². The number of alkyl halides is 3. The maximum absolute atomic E-state index is 12.8. The third kappa shape index (κ3) is 5.69. The molecule has 3 rings (SSSR count). The summed E-state index contributed by atoms with van der Waals surface area (Å²) >= 11 is 0. The van der Waals surface area contributed by atoms with Crippen LogP contribution in [-0.2, 0) is 12.7 Å². The van der Waals surface area contributed by atoms with Crippen molar-refractivity contribution in [3.8, 4) is 11.5 Å². The number of hydrogen-bond acceptors (Lipinski definition) is 4. The van der Waals surface area contributed by atoms with E-state index in [1.807, 2.05) is 6.07 Å². The van der Waals surface area contributed by atoms with Crippen LogP contribution in [0.1, 0.15) is 17.5 Å². The van der Waals surface area contributed by atoms with Crippen LogP contribution in [-0.4, -0.2) is 30.8 Å². The molecule has 0 radical (unpaired) electrons. The van der Waals surface area contributed by atoms with Crippen LogP contribution < -0.4 is 15.4 Å². The third-order valence-corrected chi connectivity index (χ3v) is 4.62. The second-order valence-corrected chi connectivity index (χ2v) is 6.73. The molecule has 1 aliphatic rings. The first kappa shape index (κ1) is 19.7. The lowest BCUT2D eigenvalue weighted by molar-refractivity contribution is -0.137. The van der Waals surface area contributed by atoms with Crippen molar-refractivity contribution in [2.24, 2.45) is 5.92 Å². The normalized spacial score (nSPS) is 20.4. The molecule has 0 unspecified atom stereocenters. The first-order valence-corrected chi connectivity index (χ1v) is 8.95. The number of β-amino-alcohol motifs (C(OH)–C–C–N with tert-alkyl or cyclic N) is 1. The lowest BCUT2D eigenvalue weighted by atomic mass is 9.95. The Morgan fingerprint density at radius 2 is 1.85 bits per heavy atom. The highest BCUT2D eigenvalue weighted by Crippen LogP contribution is 2.32. The SMILES string of the molecule is O[C@@H]1CNCC[C@H]1CNCc1cccc(Oc2cccc(C(F)(F)F)c2)c1. The van der Waals surface area contributed by atoms with Crippen molar-refractivity contribution in [1.29, 1.82) is 0 Å². The average Bonchev–Trinajstić information content (AvgIpc) is 2.63. The highest BCUT2D eigenvalue weighted by Gasteiger charge is 2.30. The molecule has 0 aliphatic carbocycles. The van der Waals surface area contributed by atoms with E-state index in [2.05, 4.69) is 10.6 Å². The zero-order valence-corrected chi connectivity index (χ0v) is 14.8. The number of aliphatic hydroxyl groups is 1. The third-order valence-electron chi connectivity index (χ3n) is 4.62. The van der Waals surface area contributed by atoms with E-state index in [-0.39, 0.29) is 17.8 Å². The van der Waals surface area contributed by atoms with Gasteiger partial charge in [0.05, 0.1) is 11.7 Å². The first-order valence-electron chi connectivity index (χ1n) is 8.95. The first-order chi connectivity index (χ1) is 12.9. The highest BCUT2D eigenvalue weighted by molar-refractivity contribution is 5.36. The largest absolute Gasteiger partial charge is 0.457 e. The van der Waals surface area contributed by atoms with E-state index in [0.29, 0.717) is 25.4 Å². The van der Waals surface area contributed by atoms with E-state index in [4.69, 9.17) is 4.74 Å². The highest BCUT2D eigenvalue weighted by atomic mass is 19.4. The maximum Gasteiger partial charge on any atom is 0.416 e. The predicted molar refractivity (Wildman–Crippen MR) is 96.7 cm³/mol. The minimum atomic E-state index is -4.40. The average molecular weight is 380 g/mol. The minimum Gasteiger partial charge on any atom is -0.457 e. The smallest absolute Gasteiger partial charge is 0.416 e. The van der Waals surface area contributed by atoms with Crippen molar-refractivity contribution < 1.29 is 23.0 Å². The Morgan fingerprint density at radius 1 is 1.11 bits per heavy atom. The van der Waals surface area contributed by atoms with Gasteiger partial charge < -0.3 is 20.5 Å². The van der Waals surface area contributed by atoms with Gasteiger partial charge in [-0.1, -0.05) is 18.2 Å². The van der Waals surface area contributed by atoms with E-state index >= 15 is 0 Å². The molecule has 27 heavy (non-hydrogen) atoms. The molecule has 7 heteroatoms. The van der Waals surface area contributed by atoms with E-state index in [0.717, 1.165) is 30.7 Å². The van der Waals surface area contributed by atoms with E-state index < -0.39 is 11.7 Å². The molecule has 0 bridgehead atoms. The molecule has 0 amide bonds. The fourth-order valence-corrected chi connectivity index (χ4v) is 3.13. The Balaban J connectivity index is 1.57. The quantitative estimate of drug-likeness (QED) is 0.717. The molecule has 2 atom stereocenters. The summed E-state index contributed by atoms with van der Waals surface area (Å²) in [5.41, 5.74) is 0.223. The Morgan fingerprint density at radius 3 is 2.59 bits per heavy atom. The summed E-state index contributed by atoms with van der Waals surface area (Å²) in [6, 6.07) is 12.1. The summed E-state index contributed by atoms with van der Waals surface area (Å²) in [6.07, 6.45) is -3.82. The van der Waals surface area contributed by atoms with Crippen LogP contribution in [0.2, 0.25) is 0 Å². The summed E-state index contributed by atoms with van der Waals surface area (Å²) in [4.78, 5) is 0. The Bertz CT molecular complexity index is 752. The van der Waals surface area contributed by atoms with Crippen LogP contribution in [0, 0.1) is 5.92 Å². The van der Waals surface area contributed by atoms with Crippen molar-refractivity contribution >= 4 is 0 Å². The molecule has 0 saturated carbocycles. The van der Waals surface area contributed by atoms with Gasteiger partial charge in [-0.3, -0.25) is 0 Å². The number of halogens is 3. The van der Waals surface area contributed by atoms with Crippen molar-refractivity contribution in [3.05, 3.63) is 59.7 Å². The summed E-state index contributed by atoms with van der Waals surface area (Å²) in [5.74, 6) is 0.846. The zero-order chi connectivity index (χ0) is 19.3. The van der Waals surface area contributed by atoms with Crippen LogP contribution in [0.3, 0.4) is 0 Å². The predicted octanol–water partition coefficient (Wildman–Crippen LogP) is 3.56. The van der Waals surface area contributed by atoms with Crippen molar-refractivity contribution in [2.45, 2.75) is 25.2 Å². The molecule has 1 aliphatic heterocycles. The summed E-state index contributed by atoms with van der Waals surface area (Å²) in [7, 11) is 0. The molecular formula is C20H23F3N2O2. The van der Waals surface area contributed by atoms with Gasteiger partial charge in [0.25, 0.3) is 0 Å². The van der Waals surface area contributed by atoms with Crippen LogP contribution in [0.5, 0.6) is 11.5 Å². The number of aliphatic hydroxyl groups excluding tert-OH is 1. The number of rotatable bonds is 6. The van der Waals surface area contributed by atoms with Gasteiger partial charge in [0.2, 0.25) is 0 Å². The number of benzene rings is 2. The summed E-state index contributed by atoms with van der Waals surface area (Å²) in [6.45, 7) is 2.83. The van der Waals surface area contributed by atoms with Gasteiger partial charge in [-0.2, -0.15) is 13.2 Å². The lowest BCUT2D eigenvalue weighted by Gasteiger charge is -2.28. The number of hydrogen-bond donors (Lipinski definition) is 3. The van der Waals surface area contributed by atoms with E-state index in [1.165, 1.54) is 12.1 Å². The minimum absolute atomic E-state index is 0.146. The van der Waals surface area contributed by atoms with Gasteiger partial charge >= 0.3 is 6.18 Å². The van der Waals surface area contributed by atoms with Crippen LogP contribution in [0.15, 0.2) is 48.5 Å². The monoisotopic (exact) mass is 380 g/mol. The zero-order valence-electron chi connectivity index (χ0n) is 14.8. The number of piperidine rings is 1. The van der Waals surface area contributed by atoms with E-state index in [9.17, 15) is 18.3 Å². The molecule has 1 saturated heterocycles. The van der Waals surface area contributed by atoms with Gasteiger partial charge in [-0.05, 0) is 54.8 Å². The Labute approximate surface area is 156 Å². The molecular weight excluding hydrogens is 357 g/mol. The second kappa shape index (κ2) is 8.73. The molecule has 2 aromatic carbocycles. The standard InChI is InChI=1S/C20H23F3N2O2/c21-20(22,23)16-4-2-6-18(10-16)27-17-5-1-3-14(9-17)11-25-12-15-7-8-24-13-19(15)26/h1-6,9-10,15,19,24-26H,7-8,11-13H2/t15-,19+/m0/s1. The molecule has 0 aromatic heterocycles. The molecule has 1 fully saturated rings. The fourth-order valence-electron chi connectivity index (χ4n) is 3.13. The topological polar surface area (TPSA) is 53.5 Å². The second-order valence-electron chi connectivity index (χ2n) is 6.73. The van der Waals surface area contributed by atoms with Crippen molar-refractivity contribution in [2.75, 3.05) is 19.6 Å². The molecule has 4 nitrogen and oxygen atoms in total. The molecule has 1 heterocycles. The Kier molecular flexibility index (Phi) is 6.36. The number of ether oxygens (including phenoxy) is 1. The van der Waals surface area contributed by atoms with Gasteiger partial charge in [0, 0.05) is 19.6 Å². The Hall–Kier alpha value is -2.09. The van der Waals surface area contributed by atoms with Gasteiger partial charge in [-0.15, -0.1) is 0 Å². The molecule has 3 N–H and O–H groups in total. The van der Waals surface area contributed by atoms with Gasteiger partial charge in [0.15, 0.2) is 0 Å². The van der Waals surface area contributed by atoms with E-state index in [1.54, 1.807) is 18.2 Å². The van der Waals surface area contributed by atoms with Crippen molar-refractivity contribution in [1.82, 2.24) is 10.6 Å². The molecule has 0 spiro atoms. The van der Waals surface area contributed by atoms with Gasteiger partial charge in [0.1, 0.15) is 11.5 Å². The lowest BCUT2D eigenvalue weighted by Crippen LogP contribution is -2.44. The van der Waals surface area contributed by atoms with Crippen LogP contribution >= 0.6 is 0 Å². The van der Waals surface area contributed by atoms with Crippen molar-refractivity contribution in [3.63, 3.8) is 0 Å². The number of nitrogens with one attached hydrogen (secondary N) is 2. The van der Waals surface area contributed by atoms with Crippen LogP contribution in [0.25, 0.3) is 0 Å². The van der Waals surface area contributed by atoms with Crippen LogP contribution in [0.4, 0.5) is 13.2 Å². The fraction of sp³-hybridized carbons (Fsp3) is 0.400.